The second-order valence-electron chi connectivity index (χ2n) is 10.6. The molecule has 16 heteroatoms. The van der Waals surface area contributed by atoms with Gasteiger partial charge in [-0.2, -0.15) is 10.2 Å². The highest BCUT2D eigenvalue weighted by Gasteiger charge is 2.35. The molecule has 0 spiro atoms. The molecule has 4 fully saturated rings. The third-order valence-corrected chi connectivity index (χ3v) is 9.13. The number of morpholine rings is 2. The minimum Gasteiger partial charge on any atom is -0.379 e. The van der Waals surface area contributed by atoms with Gasteiger partial charge >= 0.3 is 11.4 Å². The molecular formula is C24H34Cl2N8O6. The summed E-state index contributed by atoms with van der Waals surface area (Å²) in [5, 5.41) is 30.1. The maximum atomic E-state index is 10.8. The third kappa shape index (κ3) is 6.42. The van der Waals surface area contributed by atoms with Gasteiger partial charge in [0.25, 0.3) is 0 Å². The van der Waals surface area contributed by atoms with Crippen molar-refractivity contribution >= 4 is 34.6 Å². The number of halogens is 2. The molecule has 2 saturated heterocycles. The summed E-state index contributed by atoms with van der Waals surface area (Å²) < 4.78 is 14.0. The molecule has 4 unspecified atom stereocenters. The Morgan fingerprint density at radius 1 is 0.675 bits per heavy atom. The summed E-state index contributed by atoms with van der Waals surface area (Å²) in [5.41, 5.74) is -0.219. The van der Waals surface area contributed by atoms with Gasteiger partial charge in [0, 0.05) is 38.3 Å². The molecule has 2 aromatic rings. The highest BCUT2D eigenvalue weighted by molar-refractivity contribution is 6.31. The first-order valence-corrected chi connectivity index (χ1v) is 14.5. The van der Waals surface area contributed by atoms with Crippen LogP contribution in [-0.4, -0.2) is 104 Å². The van der Waals surface area contributed by atoms with E-state index in [1.54, 1.807) is 9.36 Å². The molecular weight excluding hydrogens is 567 g/mol. The second kappa shape index (κ2) is 13.1. The predicted molar refractivity (Wildman–Crippen MR) is 146 cm³/mol. The van der Waals surface area contributed by atoms with Crippen molar-refractivity contribution in [2.45, 2.75) is 62.7 Å². The van der Waals surface area contributed by atoms with Crippen molar-refractivity contribution in [2.75, 3.05) is 52.6 Å². The number of hydrogen-bond donors (Lipinski definition) is 0. The topological polar surface area (TPSA) is 147 Å². The number of nitro groups is 2. The van der Waals surface area contributed by atoms with Gasteiger partial charge in [-0.15, -0.1) is 0 Å². The Morgan fingerprint density at radius 3 is 1.35 bits per heavy atom. The smallest absolute Gasteiger partial charge is 0.325 e. The lowest BCUT2D eigenvalue weighted by Crippen LogP contribution is -2.42. The summed E-state index contributed by atoms with van der Waals surface area (Å²) in [6.07, 6.45) is 8.44. The number of nitrogens with zero attached hydrogens (tertiary/aromatic N) is 8. The largest absolute Gasteiger partial charge is 0.379 e. The van der Waals surface area contributed by atoms with Crippen molar-refractivity contribution < 1.29 is 19.3 Å². The zero-order valence-corrected chi connectivity index (χ0v) is 23.7. The van der Waals surface area contributed by atoms with Crippen LogP contribution in [0.5, 0.6) is 0 Å². The van der Waals surface area contributed by atoms with Crippen molar-refractivity contribution in [3.8, 4) is 0 Å². The van der Waals surface area contributed by atoms with Crippen LogP contribution in [-0.2, 0) is 9.47 Å². The van der Waals surface area contributed by atoms with Crippen molar-refractivity contribution in [3.05, 3.63) is 42.9 Å². The van der Waals surface area contributed by atoms with Gasteiger partial charge in [-0.1, -0.05) is 23.2 Å². The summed E-state index contributed by atoms with van der Waals surface area (Å²) in [6.45, 7) is 7.00. The zero-order valence-electron chi connectivity index (χ0n) is 22.1. The fourth-order valence-corrected chi connectivity index (χ4v) is 6.89. The Morgan fingerprint density at radius 2 is 1.02 bits per heavy atom. The molecule has 0 aromatic carbocycles. The summed E-state index contributed by atoms with van der Waals surface area (Å²) >= 11 is 12.1. The highest BCUT2D eigenvalue weighted by atomic mass is 35.5. The summed E-state index contributed by atoms with van der Waals surface area (Å²) in [6, 6.07) is 1.32. The van der Waals surface area contributed by atoms with Crippen LogP contribution >= 0.6 is 23.2 Å². The fourth-order valence-electron chi connectivity index (χ4n) is 6.29. The first kappa shape index (κ1) is 29.1. The van der Waals surface area contributed by atoms with Crippen LogP contribution in [0.1, 0.15) is 50.6 Å². The minimum atomic E-state index is -0.486. The molecule has 4 heterocycles. The molecule has 220 valence electrons. The van der Waals surface area contributed by atoms with Gasteiger partial charge in [0.15, 0.2) is 0 Å². The Hall–Kier alpha value is -2.36. The molecule has 2 aliphatic heterocycles. The average Bonchev–Trinajstić information content (AvgIpc) is 3.76. The first-order chi connectivity index (χ1) is 19.3. The van der Waals surface area contributed by atoms with Crippen LogP contribution in [0.3, 0.4) is 0 Å². The van der Waals surface area contributed by atoms with Crippen molar-refractivity contribution in [3.63, 3.8) is 0 Å². The van der Waals surface area contributed by atoms with E-state index in [4.69, 9.17) is 32.7 Å². The summed E-state index contributed by atoms with van der Waals surface area (Å²) in [4.78, 5) is 25.5. The second-order valence-corrected chi connectivity index (χ2v) is 11.3. The predicted octanol–water partition coefficient (Wildman–Crippen LogP) is 3.74. The Bertz CT molecular complexity index is 1090. The maximum absolute atomic E-state index is 10.8. The van der Waals surface area contributed by atoms with Crippen LogP contribution < -0.4 is 0 Å². The third-order valence-electron chi connectivity index (χ3n) is 8.40. The molecule has 2 aliphatic carbocycles. The number of aromatic nitrogens is 4. The van der Waals surface area contributed by atoms with E-state index in [-0.39, 0.29) is 33.8 Å². The maximum Gasteiger partial charge on any atom is 0.325 e. The van der Waals surface area contributed by atoms with Crippen LogP contribution in [0.2, 0.25) is 10.3 Å². The lowest BCUT2D eigenvalue weighted by molar-refractivity contribution is -0.385. The van der Waals surface area contributed by atoms with E-state index in [1.807, 2.05) is 0 Å². The Balaban J connectivity index is 0.000000161. The molecule has 6 rings (SSSR count). The molecule has 4 atom stereocenters. The molecule has 4 aliphatic rings. The van der Waals surface area contributed by atoms with Gasteiger partial charge in [0.1, 0.15) is 12.4 Å². The zero-order chi connectivity index (χ0) is 28.2. The van der Waals surface area contributed by atoms with Gasteiger partial charge < -0.3 is 9.47 Å². The highest BCUT2D eigenvalue weighted by Crippen LogP contribution is 2.38. The molecule has 0 radical (unpaired) electrons. The number of rotatable bonds is 6. The van der Waals surface area contributed by atoms with E-state index < -0.39 is 9.85 Å². The lowest BCUT2D eigenvalue weighted by atomic mass is 10.2. The number of hydrogen-bond acceptors (Lipinski definition) is 10. The van der Waals surface area contributed by atoms with Crippen molar-refractivity contribution in [2.24, 2.45) is 0 Å². The van der Waals surface area contributed by atoms with Crippen LogP contribution in [0.25, 0.3) is 0 Å². The number of ether oxygens (including phenoxy) is 2. The summed E-state index contributed by atoms with van der Waals surface area (Å²) in [5.74, 6) is 0. The minimum absolute atomic E-state index is 0.110. The monoisotopic (exact) mass is 600 g/mol. The molecule has 2 saturated carbocycles. The molecule has 40 heavy (non-hydrogen) atoms. The van der Waals surface area contributed by atoms with E-state index in [2.05, 4.69) is 20.0 Å². The Labute approximate surface area is 241 Å². The molecule has 0 N–H and O–H groups in total. The van der Waals surface area contributed by atoms with Gasteiger partial charge in [-0.25, -0.2) is 9.36 Å². The summed E-state index contributed by atoms with van der Waals surface area (Å²) in [7, 11) is 0. The van der Waals surface area contributed by atoms with E-state index in [1.165, 1.54) is 12.4 Å². The quantitative estimate of drug-likeness (QED) is 0.354. The molecule has 0 amide bonds. The Kier molecular flexibility index (Phi) is 9.53. The van der Waals surface area contributed by atoms with Gasteiger partial charge in [-0.3, -0.25) is 30.0 Å². The molecule has 14 nitrogen and oxygen atoms in total. The average molecular weight is 601 g/mol. The van der Waals surface area contributed by atoms with Gasteiger partial charge in [0.05, 0.1) is 48.4 Å². The van der Waals surface area contributed by atoms with Crippen molar-refractivity contribution in [1.29, 1.82) is 0 Å². The lowest BCUT2D eigenvalue weighted by Gasteiger charge is -2.32. The van der Waals surface area contributed by atoms with E-state index in [0.29, 0.717) is 12.1 Å². The van der Waals surface area contributed by atoms with Gasteiger partial charge in [0.2, 0.25) is 10.3 Å². The fraction of sp³-hybridized carbons (Fsp3) is 0.750. The standard InChI is InChI=1S/2C12H17ClN4O3/c2*13-12-11(17(18)19)8-14-16(12)10-2-1-9(7-10)15-3-5-20-6-4-15/h2*8-10H,1-7H2. The molecule has 2 aromatic heterocycles. The normalized spacial score (nSPS) is 27.9. The van der Waals surface area contributed by atoms with Crippen LogP contribution in [0, 0.1) is 20.2 Å². The van der Waals surface area contributed by atoms with Crippen molar-refractivity contribution in [1.82, 2.24) is 29.4 Å². The van der Waals surface area contributed by atoms with Crippen LogP contribution in [0.15, 0.2) is 12.4 Å². The van der Waals surface area contributed by atoms with E-state index in [9.17, 15) is 20.2 Å². The van der Waals surface area contributed by atoms with Crippen LogP contribution in [0.4, 0.5) is 11.4 Å². The first-order valence-electron chi connectivity index (χ1n) is 13.7. The van der Waals surface area contributed by atoms with E-state index in [0.717, 1.165) is 91.1 Å². The SMILES string of the molecule is O=[N+]([O-])c1cnn(C2CCC(N3CCOCC3)C2)c1Cl.O=[N+]([O-])c1cnn(C2CCC(N3CCOCC3)C2)c1Cl. The van der Waals surface area contributed by atoms with Gasteiger partial charge in [-0.05, 0) is 38.5 Å². The molecule has 0 bridgehead atoms. The van der Waals surface area contributed by atoms with E-state index >= 15 is 0 Å².